The first-order valence-electron chi connectivity index (χ1n) is 11.6. The van der Waals surface area contributed by atoms with Gasteiger partial charge in [0.1, 0.15) is 0 Å². The van der Waals surface area contributed by atoms with E-state index in [1.807, 2.05) is 0 Å². The molecule has 0 saturated heterocycles. The number of benzene rings is 4. The summed E-state index contributed by atoms with van der Waals surface area (Å²) in [5.74, 6) is -5.02. The van der Waals surface area contributed by atoms with Crippen LogP contribution < -0.4 is 42.4 Å². The molecule has 0 atom stereocenters. The van der Waals surface area contributed by atoms with Crippen LogP contribution in [-0.2, 0) is 14.4 Å². The van der Waals surface area contributed by atoms with Gasteiger partial charge in [0.2, 0.25) is 0 Å². The second-order valence-corrected chi connectivity index (χ2v) is 13.9. The van der Waals surface area contributed by atoms with Gasteiger partial charge in [-0.15, -0.1) is 0 Å². The number of hydrogen-bond donors (Lipinski definition) is 4. The molecule has 0 spiro atoms. The molecule has 0 fully saturated rings. The zero-order valence-corrected chi connectivity index (χ0v) is 25.0. The Bertz CT molecular complexity index is 1120. The van der Waals surface area contributed by atoms with Crippen LogP contribution in [0.3, 0.4) is 0 Å². The number of hydrogen-bond acceptors (Lipinski definition) is 4. The van der Waals surface area contributed by atoms with E-state index < -0.39 is 36.4 Å². The molecule has 0 bridgehead atoms. The third-order valence-electron chi connectivity index (χ3n) is 4.65. The monoisotopic (exact) mass is 754 g/mol. The quantitative estimate of drug-likeness (QED) is 0.151. The molecule has 4 N–H and O–H groups in total. The minimum absolute atomic E-state index is 0.0287. The molecular formula is C30H28I2O7-2. The zero-order chi connectivity index (χ0) is 28.5. The van der Waals surface area contributed by atoms with Gasteiger partial charge in [0.05, 0.1) is 12.8 Å². The summed E-state index contributed by atoms with van der Waals surface area (Å²) in [5.41, 5.74) is -2.74. The second kappa shape index (κ2) is 17.3. The topological polar surface area (TPSA) is 132 Å². The standard InChI is InChI=1S/2C12H10I.C6H8O7/c2*1-3-7-11(8-4-1)13-12-9-5-2-6-10-12;7-3(8)1-6(13,5(11)12)2-4(9)10/h2*1-10H;13H,1-2H2,(H,7,8)(H,9,10)(H,11,12)/q2*-1;. The Kier molecular flexibility index (Phi) is 14.2. The van der Waals surface area contributed by atoms with Crippen molar-refractivity contribution < 1.29 is 77.2 Å². The van der Waals surface area contributed by atoms with Crippen LogP contribution in [0.1, 0.15) is 12.8 Å². The first kappa shape index (κ1) is 31.9. The molecule has 7 nitrogen and oxygen atoms in total. The molecule has 0 saturated carbocycles. The van der Waals surface area contributed by atoms with Crippen molar-refractivity contribution in [3.05, 3.63) is 136 Å². The van der Waals surface area contributed by atoms with Crippen LogP contribution in [0.2, 0.25) is 0 Å². The van der Waals surface area contributed by atoms with Gasteiger partial charge in [-0.3, -0.25) is 9.59 Å². The van der Waals surface area contributed by atoms with E-state index in [0.29, 0.717) is 0 Å². The summed E-state index contributed by atoms with van der Waals surface area (Å²) in [5, 5.41) is 33.8. The zero-order valence-electron chi connectivity index (χ0n) is 20.7. The van der Waals surface area contributed by atoms with E-state index in [1.54, 1.807) is 0 Å². The molecule has 0 aliphatic rings. The molecule has 4 aromatic carbocycles. The van der Waals surface area contributed by atoms with E-state index in [2.05, 4.69) is 121 Å². The van der Waals surface area contributed by atoms with Crippen LogP contribution in [-0.4, -0.2) is 43.9 Å². The van der Waals surface area contributed by atoms with Gasteiger partial charge in [0.15, 0.2) is 5.60 Å². The maximum absolute atomic E-state index is 10.3. The van der Waals surface area contributed by atoms with Crippen molar-refractivity contribution in [2.75, 3.05) is 0 Å². The van der Waals surface area contributed by atoms with Crippen molar-refractivity contribution in [2.24, 2.45) is 0 Å². The van der Waals surface area contributed by atoms with Crippen molar-refractivity contribution in [2.45, 2.75) is 18.4 Å². The Morgan fingerprint density at radius 2 is 0.718 bits per heavy atom. The minimum atomic E-state index is -2.74. The van der Waals surface area contributed by atoms with Crippen molar-refractivity contribution >= 4 is 17.9 Å². The Hall–Kier alpha value is -3.29. The van der Waals surface area contributed by atoms with E-state index in [1.165, 1.54) is 14.3 Å². The number of halogens is 2. The molecule has 0 unspecified atom stereocenters. The number of carbonyl (C=O) groups is 3. The van der Waals surface area contributed by atoms with Crippen molar-refractivity contribution in [3.63, 3.8) is 0 Å². The van der Waals surface area contributed by atoms with Gasteiger partial charge < -0.3 is 20.4 Å². The van der Waals surface area contributed by atoms with Crippen molar-refractivity contribution in [3.8, 4) is 0 Å². The second-order valence-electron chi connectivity index (χ2n) is 7.85. The number of aliphatic hydroxyl groups is 1. The predicted molar refractivity (Wildman–Crippen MR) is 138 cm³/mol. The van der Waals surface area contributed by atoms with Crippen molar-refractivity contribution in [1.29, 1.82) is 0 Å². The average molecular weight is 754 g/mol. The predicted octanol–water partition coefficient (Wildman–Crippen LogP) is -1.62. The van der Waals surface area contributed by atoms with Crippen molar-refractivity contribution in [1.82, 2.24) is 0 Å². The number of rotatable bonds is 9. The molecule has 0 amide bonds. The van der Waals surface area contributed by atoms with Gasteiger partial charge in [-0.25, -0.2) is 4.79 Å². The summed E-state index contributed by atoms with van der Waals surface area (Å²) in [4.78, 5) is 30.5. The molecule has 0 aliphatic carbocycles. The molecule has 9 heteroatoms. The maximum atomic E-state index is 10.3. The molecule has 206 valence electrons. The van der Waals surface area contributed by atoms with Crippen LogP contribution in [0.15, 0.2) is 121 Å². The van der Waals surface area contributed by atoms with Crippen LogP contribution >= 0.6 is 0 Å². The molecule has 0 aliphatic heterocycles. The van der Waals surface area contributed by atoms with Crippen LogP contribution in [0, 0.1) is 14.3 Å². The van der Waals surface area contributed by atoms with E-state index in [-0.39, 0.29) is 42.4 Å². The molecular weight excluding hydrogens is 726 g/mol. The fourth-order valence-electron chi connectivity index (χ4n) is 2.88. The molecule has 4 rings (SSSR count). The molecule has 0 radical (unpaired) electrons. The first-order valence-corrected chi connectivity index (χ1v) is 15.9. The SMILES string of the molecule is O=C(O)CC(O)(CC(=O)O)C(=O)O.c1ccc([I-]c2ccccc2)cc1.c1ccc([I-]c2ccccc2)cc1. The van der Waals surface area contributed by atoms with E-state index >= 15 is 0 Å². The Morgan fingerprint density at radius 1 is 0.487 bits per heavy atom. The molecule has 0 aromatic heterocycles. The third-order valence-corrected chi connectivity index (χ3v) is 10.0. The normalized spacial score (nSPS) is 10.4. The summed E-state index contributed by atoms with van der Waals surface area (Å²) in [7, 11) is 0. The van der Waals surface area contributed by atoms with Gasteiger partial charge in [0.25, 0.3) is 0 Å². The fourth-order valence-corrected chi connectivity index (χ4v) is 7.41. The van der Waals surface area contributed by atoms with Gasteiger partial charge in [-0.05, 0) is 0 Å². The van der Waals surface area contributed by atoms with Gasteiger partial charge in [0, 0.05) is 0 Å². The van der Waals surface area contributed by atoms with Gasteiger partial charge in [-0.1, -0.05) is 0 Å². The van der Waals surface area contributed by atoms with Gasteiger partial charge >= 0.3 is 196 Å². The Morgan fingerprint density at radius 3 is 0.897 bits per heavy atom. The summed E-state index contributed by atoms with van der Waals surface area (Å²) in [6.45, 7) is 0. The Balaban J connectivity index is 0.000000205. The summed E-state index contributed by atoms with van der Waals surface area (Å²) >= 11 is 0.0574. The molecule has 4 aromatic rings. The molecule has 0 heterocycles. The number of carboxylic acids is 3. The fraction of sp³-hybridized carbons (Fsp3) is 0.100. The summed E-state index contributed by atoms with van der Waals surface area (Å²) in [6.07, 6.45) is -2.29. The number of aliphatic carboxylic acids is 3. The van der Waals surface area contributed by atoms with Crippen LogP contribution in [0.25, 0.3) is 0 Å². The molecule has 39 heavy (non-hydrogen) atoms. The van der Waals surface area contributed by atoms with Crippen LogP contribution in [0.4, 0.5) is 0 Å². The van der Waals surface area contributed by atoms with E-state index in [9.17, 15) is 14.4 Å². The van der Waals surface area contributed by atoms with E-state index in [0.717, 1.165) is 0 Å². The number of carboxylic acid groups (broad SMARTS) is 3. The summed E-state index contributed by atoms with van der Waals surface area (Å²) < 4.78 is 5.92. The van der Waals surface area contributed by atoms with Crippen LogP contribution in [0.5, 0.6) is 0 Å². The third kappa shape index (κ3) is 13.4. The first-order chi connectivity index (χ1) is 18.7. The summed E-state index contributed by atoms with van der Waals surface area (Å²) in [6, 6.07) is 42.8. The van der Waals surface area contributed by atoms with Gasteiger partial charge in [-0.2, -0.15) is 0 Å². The Labute approximate surface area is 247 Å². The average Bonchev–Trinajstić information content (AvgIpc) is 2.91. The van der Waals surface area contributed by atoms with E-state index in [4.69, 9.17) is 20.4 Å².